The van der Waals surface area contributed by atoms with Crippen LogP contribution in [0.5, 0.6) is 0 Å². The number of aryl methyl sites for hydroxylation is 1. The molecule has 1 N–H and O–H groups in total. The molecule has 0 atom stereocenters. The summed E-state index contributed by atoms with van der Waals surface area (Å²) in [7, 11) is 0. The third-order valence-electron chi connectivity index (χ3n) is 3.96. The number of nitrogens with one attached hydrogen (secondary N) is 1. The lowest BCUT2D eigenvalue weighted by atomic mass is 10.1. The summed E-state index contributed by atoms with van der Waals surface area (Å²) in [6.07, 6.45) is 2.84. The fraction of sp³-hybridized carbons (Fsp3) is 0.222. The van der Waals surface area contributed by atoms with Crippen LogP contribution in [-0.2, 0) is 4.79 Å². The number of anilines is 2. The lowest BCUT2D eigenvalue weighted by molar-refractivity contribution is -0.117. The second kappa shape index (κ2) is 6.50. The average Bonchev–Trinajstić information content (AvgIpc) is 3.01. The molecule has 1 aromatic carbocycles. The Bertz CT molecular complexity index is 837. The smallest absolute Gasteiger partial charge is 0.257 e. The molecule has 1 aliphatic heterocycles. The molecule has 0 saturated carbocycles. The molecule has 1 aromatic heterocycles. The quantitative estimate of drug-likeness (QED) is 0.942. The summed E-state index contributed by atoms with van der Waals surface area (Å²) in [5.41, 5.74) is 3.11. The first-order valence-corrected chi connectivity index (χ1v) is 7.67. The molecule has 0 bridgehead atoms. The molecule has 0 spiro atoms. The van der Waals surface area contributed by atoms with Crippen LogP contribution in [0.1, 0.15) is 34.5 Å². The SMILES string of the molecule is Cc1cc(NC(=O)c2ccc(C#N)nc2)ccc1N1CCCC1=O. The molecule has 6 heteroatoms. The van der Waals surface area contributed by atoms with E-state index in [4.69, 9.17) is 5.26 Å². The number of hydrogen-bond acceptors (Lipinski definition) is 4. The van der Waals surface area contributed by atoms with Gasteiger partial charge in [0, 0.05) is 30.5 Å². The minimum Gasteiger partial charge on any atom is -0.322 e. The van der Waals surface area contributed by atoms with Crippen LogP contribution < -0.4 is 10.2 Å². The van der Waals surface area contributed by atoms with Gasteiger partial charge in [0.1, 0.15) is 11.8 Å². The molecule has 24 heavy (non-hydrogen) atoms. The van der Waals surface area contributed by atoms with Crippen molar-refractivity contribution in [3.8, 4) is 6.07 Å². The van der Waals surface area contributed by atoms with Crippen LogP contribution in [0.3, 0.4) is 0 Å². The van der Waals surface area contributed by atoms with E-state index in [9.17, 15) is 9.59 Å². The molecule has 0 unspecified atom stereocenters. The molecule has 120 valence electrons. The van der Waals surface area contributed by atoms with E-state index in [1.165, 1.54) is 12.3 Å². The van der Waals surface area contributed by atoms with E-state index in [2.05, 4.69) is 10.3 Å². The number of benzene rings is 1. The summed E-state index contributed by atoms with van der Waals surface area (Å²) in [6, 6.07) is 10.5. The lowest BCUT2D eigenvalue weighted by Gasteiger charge is -2.19. The Morgan fingerprint density at radius 1 is 1.33 bits per heavy atom. The number of carbonyl (C=O) groups excluding carboxylic acids is 2. The van der Waals surface area contributed by atoms with Crippen molar-refractivity contribution in [2.75, 3.05) is 16.8 Å². The zero-order chi connectivity index (χ0) is 17.1. The molecule has 6 nitrogen and oxygen atoms in total. The van der Waals surface area contributed by atoms with Gasteiger partial charge in [0.15, 0.2) is 0 Å². The largest absolute Gasteiger partial charge is 0.322 e. The van der Waals surface area contributed by atoms with E-state index in [0.717, 1.165) is 24.2 Å². The van der Waals surface area contributed by atoms with Crippen molar-refractivity contribution in [1.29, 1.82) is 5.26 Å². The highest BCUT2D eigenvalue weighted by molar-refractivity contribution is 6.04. The highest BCUT2D eigenvalue weighted by Crippen LogP contribution is 2.27. The van der Waals surface area contributed by atoms with Crippen molar-refractivity contribution in [3.05, 3.63) is 53.3 Å². The molecular weight excluding hydrogens is 304 g/mol. The molecule has 1 fully saturated rings. The van der Waals surface area contributed by atoms with Crippen molar-refractivity contribution in [2.24, 2.45) is 0 Å². The summed E-state index contributed by atoms with van der Waals surface area (Å²) in [6.45, 7) is 2.65. The Balaban J connectivity index is 1.75. The monoisotopic (exact) mass is 320 g/mol. The maximum Gasteiger partial charge on any atom is 0.257 e. The Kier molecular flexibility index (Phi) is 4.25. The van der Waals surface area contributed by atoms with E-state index in [-0.39, 0.29) is 17.5 Å². The standard InChI is InChI=1S/C18H16N4O2/c1-12-9-14(6-7-16(12)22-8-2-3-17(22)23)21-18(24)13-4-5-15(10-19)20-11-13/h4-7,9,11H,2-3,8H2,1H3,(H,21,24). The van der Waals surface area contributed by atoms with Crippen LogP contribution in [0.4, 0.5) is 11.4 Å². The number of rotatable bonds is 3. The second-order valence-corrected chi connectivity index (χ2v) is 5.65. The van der Waals surface area contributed by atoms with Gasteiger partial charge in [0.05, 0.1) is 5.56 Å². The Labute approximate surface area is 139 Å². The molecule has 2 aromatic rings. The summed E-state index contributed by atoms with van der Waals surface area (Å²) < 4.78 is 0. The van der Waals surface area contributed by atoms with Crippen LogP contribution >= 0.6 is 0 Å². The zero-order valence-electron chi connectivity index (χ0n) is 13.2. The minimum atomic E-state index is -0.295. The van der Waals surface area contributed by atoms with Crippen molar-refractivity contribution in [2.45, 2.75) is 19.8 Å². The fourth-order valence-electron chi connectivity index (χ4n) is 2.74. The maximum atomic E-state index is 12.2. The van der Waals surface area contributed by atoms with Crippen LogP contribution in [0.25, 0.3) is 0 Å². The third kappa shape index (κ3) is 3.10. The number of carbonyl (C=O) groups is 2. The topological polar surface area (TPSA) is 86.1 Å². The second-order valence-electron chi connectivity index (χ2n) is 5.65. The molecular formula is C18H16N4O2. The highest BCUT2D eigenvalue weighted by atomic mass is 16.2. The fourth-order valence-corrected chi connectivity index (χ4v) is 2.74. The van der Waals surface area contributed by atoms with Gasteiger partial charge in [-0.05, 0) is 49.2 Å². The Morgan fingerprint density at radius 2 is 2.17 bits per heavy atom. The average molecular weight is 320 g/mol. The molecule has 0 radical (unpaired) electrons. The third-order valence-corrected chi connectivity index (χ3v) is 3.96. The van der Waals surface area contributed by atoms with E-state index >= 15 is 0 Å². The van der Waals surface area contributed by atoms with Crippen molar-refractivity contribution in [1.82, 2.24) is 4.98 Å². The molecule has 1 aliphatic rings. The minimum absolute atomic E-state index is 0.138. The summed E-state index contributed by atoms with van der Waals surface area (Å²) in [4.78, 5) is 29.7. The van der Waals surface area contributed by atoms with Crippen LogP contribution in [0.15, 0.2) is 36.5 Å². The summed E-state index contributed by atoms with van der Waals surface area (Å²) in [5, 5.41) is 11.5. The number of hydrogen-bond donors (Lipinski definition) is 1. The molecule has 2 heterocycles. The van der Waals surface area contributed by atoms with Crippen LogP contribution in [-0.4, -0.2) is 23.3 Å². The molecule has 3 rings (SSSR count). The van der Waals surface area contributed by atoms with Gasteiger partial charge in [-0.25, -0.2) is 4.98 Å². The van der Waals surface area contributed by atoms with Gasteiger partial charge in [0.25, 0.3) is 5.91 Å². The van der Waals surface area contributed by atoms with E-state index in [1.54, 1.807) is 17.0 Å². The maximum absolute atomic E-state index is 12.2. The van der Waals surface area contributed by atoms with Gasteiger partial charge < -0.3 is 10.2 Å². The summed E-state index contributed by atoms with van der Waals surface area (Å²) >= 11 is 0. The summed E-state index contributed by atoms with van der Waals surface area (Å²) in [5.74, 6) is -0.157. The van der Waals surface area contributed by atoms with E-state index in [1.807, 2.05) is 25.1 Å². The van der Waals surface area contributed by atoms with Crippen LogP contribution in [0, 0.1) is 18.3 Å². The number of nitriles is 1. The van der Waals surface area contributed by atoms with E-state index in [0.29, 0.717) is 17.7 Å². The Morgan fingerprint density at radius 3 is 2.75 bits per heavy atom. The van der Waals surface area contributed by atoms with Gasteiger partial charge in [-0.1, -0.05) is 0 Å². The lowest BCUT2D eigenvalue weighted by Crippen LogP contribution is -2.24. The van der Waals surface area contributed by atoms with Gasteiger partial charge in [-0.2, -0.15) is 5.26 Å². The molecule has 2 amide bonds. The van der Waals surface area contributed by atoms with Gasteiger partial charge in [-0.3, -0.25) is 9.59 Å². The number of pyridine rings is 1. The first-order valence-electron chi connectivity index (χ1n) is 7.67. The molecule has 0 aliphatic carbocycles. The molecule has 1 saturated heterocycles. The van der Waals surface area contributed by atoms with Crippen molar-refractivity contribution < 1.29 is 9.59 Å². The van der Waals surface area contributed by atoms with Crippen molar-refractivity contribution >= 4 is 23.2 Å². The van der Waals surface area contributed by atoms with Gasteiger partial charge in [-0.15, -0.1) is 0 Å². The van der Waals surface area contributed by atoms with E-state index < -0.39 is 0 Å². The number of aromatic nitrogens is 1. The number of nitrogens with zero attached hydrogens (tertiary/aromatic N) is 3. The Hall–Kier alpha value is -3.20. The van der Waals surface area contributed by atoms with Crippen molar-refractivity contribution in [3.63, 3.8) is 0 Å². The van der Waals surface area contributed by atoms with Crippen LogP contribution in [0.2, 0.25) is 0 Å². The number of amides is 2. The highest BCUT2D eigenvalue weighted by Gasteiger charge is 2.23. The first-order chi connectivity index (χ1) is 11.6. The van der Waals surface area contributed by atoms with Gasteiger partial charge in [0.2, 0.25) is 5.91 Å². The first kappa shape index (κ1) is 15.7. The predicted octanol–water partition coefficient (Wildman–Crippen LogP) is 2.64. The normalized spacial score (nSPS) is 13.7. The zero-order valence-corrected chi connectivity index (χ0v) is 13.2. The predicted molar refractivity (Wildman–Crippen MR) is 89.7 cm³/mol. The van der Waals surface area contributed by atoms with Gasteiger partial charge >= 0.3 is 0 Å².